The number of rotatable bonds is 5. The number of likely N-dealkylation sites (tertiary alicyclic amines) is 1. The molecule has 1 aliphatic heterocycles. The van der Waals surface area contributed by atoms with Crippen LogP contribution in [0.3, 0.4) is 0 Å². The van der Waals surface area contributed by atoms with Crippen LogP contribution >= 0.6 is 0 Å². The highest BCUT2D eigenvalue weighted by Crippen LogP contribution is 2.52. The fraction of sp³-hybridized carbons (Fsp3) is 0.800. The van der Waals surface area contributed by atoms with Gasteiger partial charge in [0.05, 0.1) is 11.8 Å². The van der Waals surface area contributed by atoms with Gasteiger partial charge in [-0.25, -0.2) is 0 Å². The number of piperidine rings is 1. The molecule has 5 heteroatoms. The molecule has 15 heavy (non-hydrogen) atoms. The summed E-state index contributed by atoms with van der Waals surface area (Å²) in [6.07, 6.45) is 0.709. The van der Waals surface area contributed by atoms with Gasteiger partial charge in [0, 0.05) is 20.3 Å². The van der Waals surface area contributed by atoms with Gasteiger partial charge in [-0.2, -0.15) is 0 Å². The van der Waals surface area contributed by atoms with Crippen molar-refractivity contribution in [1.82, 2.24) is 4.90 Å². The minimum absolute atomic E-state index is 0.0310. The number of hydrogen-bond donors (Lipinski definition) is 1. The Bertz CT molecular complexity index is 270. The highest BCUT2D eigenvalue weighted by atomic mass is 16.5. The van der Waals surface area contributed by atoms with Gasteiger partial charge in [0.25, 0.3) is 0 Å². The van der Waals surface area contributed by atoms with E-state index in [2.05, 4.69) is 0 Å². The lowest BCUT2D eigenvalue weighted by Crippen LogP contribution is -2.36. The van der Waals surface area contributed by atoms with Crippen molar-refractivity contribution in [3.63, 3.8) is 0 Å². The summed E-state index contributed by atoms with van der Waals surface area (Å²) < 4.78 is 4.88. The van der Waals surface area contributed by atoms with Gasteiger partial charge in [0.15, 0.2) is 0 Å². The standard InChI is InChI=1S/C10H16N2O3/c1-15-4-2-3-12-9(13)7-6(5-11)8(7)10(12)14/h6-8H,2-5,11H2,1H3. The van der Waals surface area contributed by atoms with E-state index in [4.69, 9.17) is 10.5 Å². The monoisotopic (exact) mass is 212 g/mol. The number of imide groups is 1. The lowest BCUT2D eigenvalue weighted by molar-refractivity contribution is -0.142. The van der Waals surface area contributed by atoms with Crippen LogP contribution in [-0.4, -0.2) is 43.5 Å². The number of hydrogen-bond acceptors (Lipinski definition) is 4. The van der Waals surface area contributed by atoms with E-state index >= 15 is 0 Å². The molecule has 1 saturated heterocycles. The van der Waals surface area contributed by atoms with Crippen LogP contribution < -0.4 is 5.73 Å². The van der Waals surface area contributed by atoms with Gasteiger partial charge in [-0.05, 0) is 18.9 Å². The molecular weight excluding hydrogens is 196 g/mol. The molecule has 0 aromatic heterocycles. The topological polar surface area (TPSA) is 72.6 Å². The lowest BCUT2D eigenvalue weighted by atomic mass is 10.2. The maximum atomic E-state index is 11.7. The average Bonchev–Trinajstić information content (AvgIpc) is 2.91. The third-order valence-electron chi connectivity index (χ3n) is 3.27. The summed E-state index contributed by atoms with van der Waals surface area (Å²) in [6.45, 7) is 1.50. The number of fused-ring (bicyclic) bond motifs is 1. The highest BCUT2D eigenvalue weighted by Gasteiger charge is 2.66. The smallest absolute Gasteiger partial charge is 0.233 e. The summed E-state index contributed by atoms with van der Waals surface area (Å²) in [6, 6.07) is 0. The number of carbonyl (C=O) groups is 2. The lowest BCUT2D eigenvalue weighted by Gasteiger charge is -2.17. The second-order valence-corrected chi connectivity index (χ2v) is 4.13. The van der Waals surface area contributed by atoms with Crippen LogP contribution in [0.25, 0.3) is 0 Å². The Hall–Kier alpha value is -0.940. The van der Waals surface area contributed by atoms with Crippen molar-refractivity contribution in [3.05, 3.63) is 0 Å². The van der Waals surface area contributed by atoms with Crippen LogP contribution in [-0.2, 0) is 14.3 Å². The summed E-state index contributed by atoms with van der Waals surface area (Å²) in [5, 5.41) is 0. The molecule has 2 N–H and O–H groups in total. The van der Waals surface area contributed by atoms with Crippen LogP contribution in [0.15, 0.2) is 0 Å². The Morgan fingerprint density at radius 1 is 1.33 bits per heavy atom. The summed E-state index contributed by atoms with van der Waals surface area (Å²) in [7, 11) is 1.61. The Labute approximate surface area is 88.5 Å². The van der Waals surface area contributed by atoms with Crippen molar-refractivity contribution >= 4 is 11.8 Å². The van der Waals surface area contributed by atoms with E-state index in [1.54, 1.807) is 7.11 Å². The molecule has 1 heterocycles. The van der Waals surface area contributed by atoms with Gasteiger partial charge >= 0.3 is 0 Å². The van der Waals surface area contributed by atoms with Gasteiger partial charge in [-0.15, -0.1) is 0 Å². The van der Waals surface area contributed by atoms with E-state index in [9.17, 15) is 9.59 Å². The minimum Gasteiger partial charge on any atom is -0.385 e. The van der Waals surface area contributed by atoms with Crippen molar-refractivity contribution in [3.8, 4) is 0 Å². The highest BCUT2D eigenvalue weighted by molar-refractivity contribution is 6.09. The molecule has 2 aliphatic rings. The van der Waals surface area contributed by atoms with E-state index in [1.165, 1.54) is 4.90 Å². The number of methoxy groups -OCH3 is 1. The zero-order chi connectivity index (χ0) is 11.0. The van der Waals surface area contributed by atoms with E-state index in [1.807, 2.05) is 0 Å². The summed E-state index contributed by atoms with van der Waals surface area (Å²) >= 11 is 0. The number of nitrogens with zero attached hydrogens (tertiary/aromatic N) is 1. The maximum Gasteiger partial charge on any atom is 0.233 e. The van der Waals surface area contributed by atoms with E-state index in [0.29, 0.717) is 26.1 Å². The summed E-state index contributed by atoms with van der Waals surface area (Å²) in [4.78, 5) is 24.8. The minimum atomic E-state index is -0.106. The molecule has 2 unspecified atom stereocenters. The third-order valence-corrected chi connectivity index (χ3v) is 3.27. The first-order valence-electron chi connectivity index (χ1n) is 5.26. The van der Waals surface area contributed by atoms with Gasteiger partial charge in [0.2, 0.25) is 11.8 Å². The quantitative estimate of drug-likeness (QED) is 0.479. The maximum absolute atomic E-state index is 11.7. The normalized spacial score (nSPS) is 33.5. The van der Waals surface area contributed by atoms with Crippen LogP contribution in [0.2, 0.25) is 0 Å². The van der Waals surface area contributed by atoms with E-state index in [-0.39, 0.29) is 29.6 Å². The average molecular weight is 212 g/mol. The van der Waals surface area contributed by atoms with Gasteiger partial charge in [-0.3, -0.25) is 14.5 Å². The van der Waals surface area contributed by atoms with Crippen molar-refractivity contribution in [2.75, 3.05) is 26.8 Å². The Kier molecular flexibility index (Phi) is 2.75. The number of carbonyl (C=O) groups excluding carboxylic acids is 2. The molecule has 0 aromatic carbocycles. The van der Waals surface area contributed by atoms with Crippen molar-refractivity contribution in [1.29, 1.82) is 0 Å². The molecule has 0 bridgehead atoms. The molecule has 2 amide bonds. The largest absolute Gasteiger partial charge is 0.385 e. The first-order valence-corrected chi connectivity index (χ1v) is 5.26. The molecule has 2 rings (SSSR count). The van der Waals surface area contributed by atoms with Gasteiger partial charge in [-0.1, -0.05) is 0 Å². The van der Waals surface area contributed by atoms with Crippen LogP contribution in [0.5, 0.6) is 0 Å². The fourth-order valence-corrected chi connectivity index (χ4v) is 2.40. The number of amides is 2. The zero-order valence-electron chi connectivity index (χ0n) is 8.81. The molecule has 5 nitrogen and oxygen atoms in total. The fourth-order valence-electron chi connectivity index (χ4n) is 2.40. The van der Waals surface area contributed by atoms with Crippen LogP contribution in [0, 0.1) is 17.8 Å². The van der Waals surface area contributed by atoms with Crippen molar-refractivity contribution < 1.29 is 14.3 Å². The molecule has 84 valence electrons. The van der Waals surface area contributed by atoms with Crippen molar-refractivity contribution in [2.24, 2.45) is 23.5 Å². The van der Waals surface area contributed by atoms with Gasteiger partial charge in [0.1, 0.15) is 0 Å². The van der Waals surface area contributed by atoms with Crippen LogP contribution in [0.1, 0.15) is 6.42 Å². The second-order valence-electron chi connectivity index (χ2n) is 4.13. The first kappa shape index (κ1) is 10.6. The molecule has 1 saturated carbocycles. The van der Waals surface area contributed by atoms with E-state index < -0.39 is 0 Å². The predicted molar refractivity (Wildman–Crippen MR) is 52.7 cm³/mol. The van der Waals surface area contributed by atoms with Crippen molar-refractivity contribution in [2.45, 2.75) is 6.42 Å². The molecule has 2 fully saturated rings. The number of nitrogens with two attached hydrogens (primary N) is 1. The third kappa shape index (κ3) is 1.55. The van der Waals surface area contributed by atoms with E-state index in [0.717, 1.165) is 0 Å². The molecule has 1 aliphatic carbocycles. The Morgan fingerprint density at radius 3 is 2.40 bits per heavy atom. The molecule has 0 radical (unpaired) electrons. The summed E-state index contributed by atoms with van der Waals surface area (Å²) in [5.41, 5.74) is 5.47. The van der Waals surface area contributed by atoms with Crippen LogP contribution in [0.4, 0.5) is 0 Å². The molecule has 2 atom stereocenters. The molecular formula is C10H16N2O3. The predicted octanol–water partition coefficient (Wildman–Crippen LogP) is -0.787. The summed E-state index contributed by atoms with van der Waals surface area (Å²) in [5.74, 6) is -0.160. The first-order chi connectivity index (χ1) is 7.22. The Morgan fingerprint density at radius 2 is 1.93 bits per heavy atom. The molecule has 0 spiro atoms. The SMILES string of the molecule is COCCCN1C(=O)C2C(CN)C2C1=O. The number of ether oxygens (including phenoxy) is 1. The molecule has 0 aromatic rings. The zero-order valence-corrected chi connectivity index (χ0v) is 8.81. The Balaban J connectivity index is 1.89. The second kappa shape index (κ2) is 3.90. The van der Waals surface area contributed by atoms with Gasteiger partial charge < -0.3 is 10.5 Å².